The average Bonchev–Trinajstić information content (AvgIpc) is 2.48. The summed E-state index contributed by atoms with van der Waals surface area (Å²) in [4.78, 5) is 0. The molecule has 0 aromatic heterocycles. The Morgan fingerprint density at radius 1 is 0.593 bits per heavy atom. The summed E-state index contributed by atoms with van der Waals surface area (Å²) in [5, 5.41) is 0. The molecule has 0 aromatic rings. The molecule has 0 saturated heterocycles. The molecule has 0 heterocycles. The lowest BCUT2D eigenvalue weighted by Gasteiger charge is -2.25. The van der Waals surface area contributed by atoms with Crippen LogP contribution < -0.4 is 0 Å². The van der Waals surface area contributed by atoms with E-state index in [1.54, 1.807) is 0 Å². The van der Waals surface area contributed by atoms with E-state index in [-0.39, 0.29) is 6.61 Å². The van der Waals surface area contributed by atoms with Crippen LogP contribution in [0.1, 0.15) is 97.3 Å². The van der Waals surface area contributed by atoms with Crippen LogP contribution in [0.4, 0.5) is 26.3 Å². The third-order valence-electron chi connectivity index (χ3n) is 4.34. The highest BCUT2D eigenvalue weighted by molar-refractivity contribution is 4.81. The molecule has 0 rings (SSSR count). The Bertz CT molecular complexity index is 355. The number of halogens is 6. The molecular weight excluding hydrogens is 370 g/mol. The molecule has 0 N–H and O–H groups in total. The maximum Gasteiger partial charge on any atom is 0.259 e. The van der Waals surface area contributed by atoms with Gasteiger partial charge >= 0.3 is 0 Å². The summed E-state index contributed by atoms with van der Waals surface area (Å²) in [5.74, 6) is -11.5. The molecule has 0 unspecified atom stereocenters. The van der Waals surface area contributed by atoms with Gasteiger partial charge in [0, 0.05) is 13.0 Å². The zero-order valence-corrected chi connectivity index (χ0v) is 16.8. The van der Waals surface area contributed by atoms with Crippen LogP contribution in [0.5, 0.6) is 0 Å². The topological polar surface area (TPSA) is 9.23 Å². The highest BCUT2D eigenvalue weighted by atomic mass is 19.3. The number of ether oxygens (including phenoxy) is 1. The lowest BCUT2D eigenvalue weighted by molar-refractivity contribution is -0.156. The first kappa shape index (κ1) is 26.5. The van der Waals surface area contributed by atoms with Crippen molar-refractivity contribution in [2.75, 3.05) is 13.2 Å². The normalized spacial score (nSPS) is 13.3. The molecule has 0 radical (unpaired) electrons. The Balaban J connectivity index is 3.63. The molecular formula is C20H36F6O. The maximum absolute atomic E-state index is 13.5. The van der Waals surface area contributed by atoms with Crippen LogP contribution in [0.3, 0.4) is 0 Å². The third kappa shape index (κ3) is 18.7. The highest BCUT2D eigenvalue weighted by Crippen LogP contribution is 2.39. The molecule has 1 nitrogen and oxygen atoms in total. The molecule has 0 aliphatic rings. The molecule has 7 heteroatoms. The molecule has 0 atom stereocenters. The van der Waals surface area contributed by atoms with Crippen molar-refractivity contribution in [2.24, 2.45) is 0 Å². The first-order chi connectivity index (χ1) is 12.5. The van der Waals surface area contributed by atoms with Gasteiger partial charge in [0.15, 0.2) is 0 Å². The smallest absolute Gasteiger partial charge is 0.259 e. The van der Waals surface area contributed by atoms with Gasteiger partial charge in [0.05, 0.1) is 19.4 Å². The van der Waals surface area contributed by atoms with E-state index in [2.05, 4.69) is 6.92 Å². The van der Waals surface area contributed by atoms with E-state index in [0.29, 0.717) is 13.5 Å². The Morgan fingerprint density at radius 2 is 1.07 bits per heavy atom. The van der Waals surface area contributed by atoms with Gasteiger partial charge in [-0.15, -0.1) is 0 Å². The zero-order chi connectivity index (χ0) is 20.8. The summed E-state index contributed by atoms with van der Waals surface area (Å²) >= 11 is 0. The van der Waals surface area contributed by atoms with Gasteiger partial charge in [-0.25, -0.2) is 26.3 Å². The van der Waals surface area contributed by atoms with Crippen LogP contribution in [-0.4, -0.2) is 31.0 Å². The van der Waals surface area contributed by atoms with Crippen molar-refractivity contribution < 1.29 is 31.1 Å². The Hall–Kier alpha value is -0.460. The monoisotopic (exact) mass is 406 g/mol. The van der Waals surface area contributed by atoms with Crippen molar-refractivity contribution in [1.82, 2.24) is 0 Å². The van der Waals surface area contributed by atoms with Gasteiger partial charge < -0.3 is 4.74 Å². The summed E-state index contributed by atoms with van der Waals surface area (Å²) in [7, 11) is 0. The number of hydrogen-bond donors (Lipinski definition) is 0. The van der Waals surface area contributed by atoms with Crippen LogP contribution in [0.25, 0.3) is 0 Å². The lowest BCUT2D eigenvalue weighted by Crippen LogP contribution is -2.34. The zero-order valence-electron chi connectivity index (χ0n) is 16.8. The molecule has 0 spiro atoms. The number of alkyl halides is 6. The van der Waals surface area contributed by atoms with Crippen LogP contribution in [0.15, 0.2) is 0 Å². The second-order valence-electron chi connectivity index (χ2n) is 7.68. The SMILES string of the molecule is CCCCCCCCCCCCOCCC(F)(F)CC(F)(F)CC(C)(F)F. The molecule has 164 valence electrons. The van der Waals surface area contributed by atoms with Crippen LogP contribution in [0.2, 0.25) is 0 Å². The summed E-state index contributed by atoms with van der Waals surface area (Å²) < 4.78 is 83.9. The third-order valence-corrected chi connectivity index (χ3v) is 4.34. The van der Waals surface area contributed by atoms with Crippen LogP contribution in [-0.2, 0) is 4.74 Å². The minimum Gasteiger partial charge on any atom is -0.381 e. The Morgan fingerprint density at radius 3 is 1.56 bits per heavy atom. The summed E-state index contributed by atoms with van der Waals surface area (Å²) in [6.07, 6.45) is 6.88. The van der Waals surface area contributed by atoms with Gasteiger partial charge in [0.2, 0.25) is 0 Å². The molecule has 27 heavy (non-hydrogen) atoms. The van der Waals surface area contributed by atoms with E-state index >= 15 is 0 Å². The van der Waals surface area contributed by atoms with Gasteiger partial charge in [-0.2, -0.15) is 0 Å². The van der Waals surface area contributed by atoms with Gasteiger partial charge in [-0.3, -0.25) is 0 Å². The summed E-state index contributed by atoms with van der Waals surface area (Å²) in [6.45, 7) is 2.46. The fourth-order valence-corrected chi connectivity index (χ4v) is 3.00. The second-order valence-corrected chi connectivity index (χ2v) is 7.68. The number of hydrogen-bond acceptors (Lipinski definition) is 1. The van der Waals surface area contributed by atoms with E-state index in [0.717, 1.165) is 25.7 Å². The van der Waals surface area contributed by atoms with Gasteiger partial charge in [-0.1, -0.05) is 64.7 Å². The first-order valence-corrected chi connectivity index (χ1v) is 10.2. The van der Waals surface area contributed by atoms with Crippen molar-refractivity contribution in [3.8, 4) is 0 Å². The van der Waals surface area contributed by atoms with E-state index in [1.807, 2.05) is 0 Å². The minimum absolute atomic E-state index is 0.300. The minimum atomic E-state index is -4.10. The van der Waals surface area contributed by atoms with Crippen LogP contribution >= 0.6 is 0 Å². The van der Waals surface area contributed by atoms with Gasteiger partial charge in [-0.05, 0) is 13.3 Å². The summed E-state index contributed by atoms with van der Waals surface area (Å²) in [6, 6.07) is 0. The van der Waals surface area contributed by atoms with Crippen molar-refractivity contribution in [3.63, 3.8) is 0 Å². The fourth-order valence-electron chi connectivity index (χ4n) is 3.00. The maximum atomic E-state index is 13.5. The molecule has 0 aromatic carbocycles. The summed E-state index contributed by atoms with van der Waals surface area (Å²) in [5.41, 5.74) is 0. The lowest BCUT2D eigenvalue weighted by atomic mass is 10.0. The van der Waals surface area contributed by atoms with E-state index in [1.165, 1.54) is 38.5 Å². The molecule has 0 amide bonds. The van der Waals surface area contributed by atoms with Crippen LogP contribution in [0, 0.1) is 0 Å². The molecule has 0 saturated carbocycles. The molecule has 0 fully saturated rings. The first-order valence-electron chi connectivity index (χ1n) is 10.2. The van der Waals surface area contributed by atoms with E-state index in [9.17, 15) is 26.3 Å². The van der Waals surface area contributed by atoms with E-state index in [4.69, 9.17) is 4.74 Å². The predicted octanol–water partition coefficient (Wildman–Crippen LogP) is 8.02. The standard InChI is InChI=1S/C20H36F6O/c1-3-4-5-6-7-8-9-10-11-12-14-27-15-13-19(23,24)17-20(25,26)16-18(2,21)22/h3-17H2,1-2H3. The van der Waals surface area contributed by atoms with Gasteiger partial charge in [0.25, 0.3) is 17.8 Å². The van der Waals surface area contributed by atoms with Crippen molar-refractivity contribution in [2.45, 2.75) is 115 Å². The van der Waals surface area contributed by atoms with Crippen molar-refractivity contribution in [1.29, 1.82) is 0 Å². The predicted molar refractivity (Wildman–Crippen MR) is 97.0 cm³/mol. The molecule has 0 aliphatic carbocycles. The van der Waals surface area contributed by atoms with E-state index < -0.39 is 37.0 Å². The number of unbranched alkanes of at least 4 members (excludes halogenated alkanes) is 9. The largest absolute Gasteiger partial charge is 0.381 e. The quantitative estimate of drug-likeness (QED) is 0.165. The van der Waals surface area contributed by atoms with Crippen molar-refractivity contribution in [3.05, 3.63) is 0 Å². The van der Waals surface area contributed by atoms with Gasteiger partial charge in [0.1, 0.15) is 0 Å². The average molecular weight is 406 g/mol. The Kier molecular flexibility index (Phi) is 13.4. The van der Waals surface area contributed by atoms with Crippen molar-refractivity contribution >= 4 is 0 Å². The fraction of sp³-hybridized carbons (Fsp3) is 1.00. The Labute approximate surface area is 160 Å². The molecule has 0 bridgehead atoms. The second kappa shape index (κ2) is 13.7. The number of rotatable bonds is 18. The highest BCUT2D eigenvalue weighted by Gasteiger charge is 2.47. The molecule has 0 aliphatic heterocycles.